The summed E-state index contributed by atoms with van der Waals surface area (Å²) < 4.78 is 0. The number of nitrogens with one attached hydrogen (secondary N) is 1. The molecule has 0 saturated heterocycles. The number of hydrogen-bond donors (Lipinski definition) is 4. The lowest BCUT2D eigenvalue weighted by atomic mass is 10.1. The number of hydrogen-bond acceptors (Lipinski definition) is 4. The Morgan fingerprint density at radius 3 is 2.82 bits per heavy atom. The predicted octanol–water partition coefficient (Wildman–Crippen LogP) is 0.955. The molecule has 1 aromatic carbocycles. The van der Waals surface area contributed by atoms with Crippen LogP contribution in [0, 0.1) is 0 Å². The summed E-state index contributed by atoms with van der Waals surface area (Å²) >= 11 is 0. The van der Waals surface area contributed by atoms with Gasteiger partial charge in [0.2, 0.25) is 0 Å². The summed E-state index contributed by atoms with van der Waals surface area (Å²) in [4.78, 5) is 11.6. The van der Waals surface area contributed by atoms with E-state index in [1.54, 1.807) is 0 Å². The lowest BCUT2D eigenvalue weighted by Crippen LogP contribution is -2.26. The molecule has 0 aliphatic heterocycles. The highest BCUT2D eigenvalue weighted by Crippen LogP contribution is 2.21. The standard InChI is InChI=1S/C12H18N2O3/c1-8(13)3-2-6-14-12(17)10-7-9(15)4-5-11(10)16/h4-5,7-8,15-16H,2-3,6,13H2,1H3,(H,14,17). The Morgan fingerprint density at radius 2 is 2.18 bits per heavy atom. The smallest absolute Gasteiger partial charge is 0.255 e. The van der Waals surface area contributed by atoms with Gasteiger partial charge in [0.05, 0.1) is 5.56 Å². The zero-order valence-corrected chi connectivity index (χ0v) is 9.81. The summed E-state index contributed by atoms with van der Waals surface area (Å²) in [5.41, 5.74) is 5.65. The number of rotatable bonds is 5. The van der Waals surface area contributed by atoms with Crippen LogP contribution in [0.4, 0.5) is 0 Å². The average Bonchev–Trinajstić information content (AvgIpc) is 2.27. The van der Waals surface area contributed by atoms with Gasteiger partial charge >= 0.3 is 0 Å². The van der Waals surface area contributed by atoms with Gasteiger partial charge in [-0.25, -0.2) is 0 Å². The molecule has 0 aromatic heterocycles. The normalized spacial score (nSPS) is 12.1. The van der Waals surface area contributed by atoms with Crippen LogP contribution in [0.15, 0.2) is 18.2 Å². The Balaban J connectivity index is 2.49. The van der Waals surface area contributed by atoms with Crippen LogP contribution in [-0.2, 0) is 0 Å². The molecule has 94 valence electrons. The maximum Gasteiger partial charge on any atom is 0.255 e. The van der Waals surface area contributed by atoms with E-state index in [0.29, 0.717) is 6.54 Å². The lowest BCUT2D eigenvalue weighted by Gasteiger charge is -2.08. The number of carbonyl (C=O) groups excluding carboxylic acids is 1. The van der Waals surface area contributed by atoms with Crippen molar-refractivity contribution in [1.82, 2.24) is 5.32 Å². The molecule has 1 rings (SSSR count). The van der Waals surface area contributed by atoms with Crippen molar-refractivity contribution < 1.29 is 15.0 Å². The molecule has 1 unspecified atom stereocenters. The Labute approximate surface area is 100 Å². The minimum Gasteiger partial charge on any atom is -0.508 e. The number of nitrogens with two attached hydrogens (primary N) is 1. The van der Waals surface area contributed by atoms with Gasteiger partial charge < -0.3 is 21.3 Å². The Hall–Kier alpha value is -1.75. The van der Waals surface area contributed by atoms with Crippen molar-refractivity contribution in [2.75, 3.05) is 6.54 Å². The van der Waals surface area contributed by atoms with E-state index in [9.17, 15) is 15.0 Å². The van der Waals surface area contributed by atoms with Gasteiger partial charge in [0.25, 0.3) is 5.91 Å². The van der Waals surface area contributed by atoms with Crippen molar-refractivity contribution >= 4 is 5.91 Å². The number of phenols is 2. The molecule has 5 nitrogen and oxygen atoms in total. The fraction of sp³-hybridized carbons (Fsp3) is 0.417. The third-order valence-corrected chi connectivity index (χ3v) is 2.35. The first-order valence-corrected chi connectivity index (χ1v) is 5.56. The summed E-state index contributed by atoms with van der Waals surface area (Å²) in [6.45, 7) is 2.40. The number of carbonyl (C=O) groups is 1. The van der Waals surface area contributed by atoms with E-state index >= 15 is 0 Å². The number of phenolic OH excluding ortho intramolecular Hbond substituents is 2. The molecule has 0 aliphatic carbocycles. The fourth-order valence-electron chi connectivity index (χ4n) is 1.43. The van der Waals surface area contributed by atoms with Gasteiger partial charge in [-0.2, -0.15) is 0 Å². The molecule has 1 amide bonds. The second-order valence-corrected chi connectivity index (χ2v) is 4.08. The number of amides is 1. The predicted molar refractivity (Wildman–Crippen MR) is 65.0 cm³/mol. The third kappa shape index (κ3) is 4.32. The molecule has 17 heavy (non-hydrogen) atoms. The second-order valence-electron chi connectivity index (χ2n) is 4.08. The quantitative estimate of drug-likeness (QED) is 0.454. The number of aromatic hydroxyl groups is 2. The first kappa shape index (κ1) is 13.3. The molecule has 0 spiro atoms. The summed E-state index contributed by atoms with van der Waals surface area (Å²) in [6.07, 6.45) is 1.61. The van der Waals surface area contributed by atoms with Crippen molar-refractivity contribution in [3.8, 4) is 11.5 Å². The maximum absolute atomic E-state index is 11.6. The van der Waals surface area contributed by atoms with Crippen LogP contribution in [0.3, 0.4) is 0 Å². The number of benzene rings is 1. The van der Waals surface area contributed by atoms with E-state index in [1.807, 2.05) is 6.92 Å². The molecule has 1 aromatic rings. The molecule has 0 heterocycles. The van der Waals surface area contributed by atoms with Crippen molar-refractivity contribution in [2.24, 2.45) is 5.73 Å². The van der Waals surface area contributed by atoms with Crippen LogP contribution in [0.25, 0.3) is 0 Å². The summed E-state index contributed by atoms with van der Waals surface area (Å²) in [5.74, 6) is -0.598. The molecule has 0 aliphatic rings. The van der Waals surface area contributed by atoms with Gasteiger partial charge in [-0.1, -0.05) is 0 Å². The van der Waals surface area contributed by atoms with Crippen LogP contribution in [0.5, 0.6) is 11.5 Å². The molecular formula is C12H18N2O3. The van der Waals surface area contributed by atoms with Crippen molar-refractivity contribution in [1.29, 1.82) is 0 Å². The average molecular weight is 238 g/mol. The third-order valence-electron chi connectivity index (χ3n) is 2.35. The van der Waals surface area contributed by atoms with Crippen LogP contribution in [-0.4, -0.2) is 28.7 Å². The second kappa shape index (κ2) is 6.10. The Bertz CT molecular complexity index is 391. The van der Waals surface area contributed by atoms with E-state index in [1.165, 1.54) is 18.2 Å². The molecule has 0 saturated carbocycles. The van der Waals surface area contributed by atoms with Crippen LogP contribution in [0.1, 0.15) is 30.1 Å². The van der Waals surface area contributed by atoms with Gasteiger partial charge in [-0.3, -0.25) is 4.79 Å². The first-order chi connectivity index (χ1) is 8.00. The molecule has 5 N–H and O–H groups in total. The van der Waals surface area contributed by atoms with E-state index < -0.39 is 5.91 Å². The minimum atomic E-state index is -0.400. The van der Waals surface area contributed by atoms with Crippen LogP contribution >= 0.6 is 0 Å². The molecule has 0 radical (unpaired) electrons. The Kier molecular flexibility index (Phi) is 4.78. The zero-order chi connectivity index (χ0) is 12.8. The molecule has 0 bridgehead atoms. The molecular weight excluding hydrogens is 220 g/mol. The van der Waals surface area contributed by atoms with Gasteiger partial charge in [0.15, 0.2) is 0 Å². The minimum absolute atomic E-state index is 0.0523. The van der Waals surface area contributed by atoms with E-state index in [0.717, 1.165) is 12.8 Å². The fourth-order valence-corrected chi connectivity index (χ4v) is 1.43. The van der Waals surface area contributed by atoms with Crippen LogP contribution < -0.4 is 11.1 Å². The first-order valence-electron chi connectivity index (χ1n) is 5.56. The van der Waals surface area contributed by atoms with Crippen molar-refractivity contribution in [2.45, 2.75) is 25.8 Å². The summed E-state index contributed by atoms with van der Waals surface area (Å²) in [7, 11) is 0. The largest absolute Gasteiger partial charge is 0.508 e. The molecule has 1 atom stereocenters. The van der Waals surface area contributed by atoms with Crippen molar-refractivity contribution in [3.63, 3.8) is 0 Å². The SMILES string of the molecule is CC(N)CCCNC(=O)c1cc(O)ccc1O. The van der Waals surface area contributed by atoms with E-state index in [4.69, 9.17) is 5.73 Å². The van der Waals surface area contributed by atoms with Gasteiger partial charge in [0.1, 0.15) is 11.5 Å². The highest BCUT2D eigenvalue weighted by molar-refractivity contribution is 5.97. The molecule has 5 heteroatoms. The molecule has 0 fully saturated rings. The highest BCUT2D eigenvalue weighted by atomic mass is 16.3. The van der Waals surface area contributed by atoms with Gasteiger partial charge in [-0.05, 0) is 38.0 Å². The van der Waals surface area contributed by atoms with Crippen LogP contribution in [0.2, 0.25) is 0 Å². The monoisotopic (exact) mass is 238 g/mol. The lowest BCUT2D eigenvalue weighted by molar-refractivity contribution is 0.0949. The summed E-state index contributed by atoms with van der Waals surface area (Å²) in [5, 5.41) is 21.3. The highest BCUT2D eigenvalue weighted by Gasteiger charge is 2.11. The topological polar surface area (TPSA) is 95.6 Å². The van der Waals surface area contributed by atoms with E-state index in [-0.39, 0.29) is 23.1 Å². The van der Waals surface area contributed by atoms with Gasteiger partial charge in [0, 0.05) is 12.6 Å². The van der Waals surface area contributed by atoms with E-state index in [2.05, 4.69) is 5.32 Å². The zero-order valence-electron chi connectivity index (χ0n) is 9.81. The summed E-state index contributed by atoms with van der Waals surface area (Å²) in [6, 6.07) is 3.95. The maximum atomic E-state index is 11.6. The van der Waals surface area contributed by atoms with Crippen molar-refractivity contribution in [3.05, 3.63) is 23.8 Å². The van der Waals surface area contributed by atoms with Gasteiger partial charge in [-0.15, -0.1) is 0 Å². The Morgan fingerprint density at radius 1 is 1.47 bits per heavy atom.